The van der Waals surface area contributed by atoms with Crippen molar-refractivity contribution in [1.29, 1.82) is 0 Å². The SMILES string of the molecule is c1ccc(N(c2ccccc2-n2c3ccccc3c3ccccc32)c2cccc3c2sc2ccccc23)c(-c2cccc3c2oc2cc4ccccc4cc23)c1. The van der Waals surface area contributed by atoms with Crippen LogP contribution in [0.15, 0.2) is 199 Å². The molecule has 3 nitrogen and oxygen atoms in total. The maximum Gasteiger partial charge on any atom is 0.143 e. The van der Waals surface area contributed by atoms with Gasteiger partial charge in [0.05, 0.1) is 38.5 Å². The highest BCUT2D eigenvalue weighted by Gasteiger charge is 2.26. The van der Waals surface area contributed by atoms with Gasteiger partial charge in [-0.2, -0.15) is 0 Å². The molecule has 4 heteroatoms. The lowest BCUT2D eigenvalue weighted by Gasteiger charge is -2.30. The van der Waals surface area contributed by atoms with Crippen molar-refractivity contribution in [3.05, 3.63) is 194 Å². The summed E-state index contributed by atoms with van der Waals surface area (Å²) in [6.07, 6.45) is 0. The highest BCUT2D eigenvalue weighted by Crippen LogP contribution is 2.50. The molecule has 262 valence electrons. The number of hydrogen-bond donors (Lipinski definition) is 0. The summed E-state index contributed by atoms with van der Waals surface area (Å²) in [6.45, 7) is 0. The van der Waals surface area contributed by atoms with Crippen LogP contribution >= 0.6 is 11.3 Å². The number of nitrogens with zero attached hydrogens (tertiary/aromatic N) is 2. The van der Waals surface area contributed by atoms with Crippen LogP contribution in [0, 0.1) is 0 Å². The Kier molecular flexibility index (Phi) is 6.80. The second-order valence-electron chi connectivity index (χ2n) is 14.4. The minimum Gasteiger partial charge on any atom is -0.455 e. The normalized spacial score (nSPS) is 11.9. The monoisotopic (exact) mass is 732 g/mol. The molecule has 3 aromatic heterocycles. The number of thiophene rings is 1. The first kappa shape index (κ1) is 31.2. The van der Waals surface area contributed by atoms with Gasteiger partial charge in [-0.25, -0.2) is 0 Å². The first-order chi connectivity index (χ1) is 27.8. The van der Waals surface area contributed by atoms with Crippen molar-refractivity contribution in [3.63, 3.8) is 0 Å². The summed E-state index contributed by atoms with van der Waals surface area (Å²) in [5, 5.41) is 9.62. The molecule has 12 rings (SSSR count). The molecule has 0 bridgehead atoms. The predicted molar refractivity (Wildman–Crippen MR) is 239 cm³/mol. The van der Waals surface area contributed by atoms with Gasteiger partial charge in [0.25, 0.3) is 0 Å². The Morgan fingerprint density at radius 2 is 0.982 bits per heavy atom. The topological polar surface area (TPSA) is 21.3 Å². The summed E-state index contributed by atoms with van der Waals surface area (Å²) in [6, 6.07) is 70.2. The largest absolute Gasteiger partial charge is 0.455 e. The molecule has 3 heterocycles. The molecule has 0 saturated heterocycles. The molecule has 9 aromatic carbocycles. The van der Waals surface area contributed by atoms with E-state index in [1.165, 1.54) is 52.8 Å². The molecular formula is C52H32N2OS. The molecule has 0 N–H and O–H groups in total. The van der Waals surface area contributed by atoms with Crippen LogP contribution in [-0.2, 0) is 0 Å². The van der Waals surface area contributed by atoms with Gasteiger partial charge >= 0.3 is 0 Å². The number of anilines is 3. The second-order valence-corrected chi connectivity index (χ2v) is 15.5. The van der Waals surface area contributed by atoms with E-state index in [0.717, 1.165) is 55.8 Å². The van der Waals surface area contributed by atoms with E-state index in [2.05, 4.69) is 204 Å². The van der Waals surface area contributed by atoms with Gasteiger partial charge in [0, 0.05) is 48.1 Å². The smallest absolute Gasteiger partial charge is 0.143 e. The van der Waals surface area contributed by atoms with E-state index in [4.69, 9.17) is 4.42 Å². The van der Waals surface area contributed by atoms with Gasteiger partial charge in [-0.15, -0.1) is 11.3 Å². The Balaban J connectivity index is 1.18. The van der Waals surface area contributed by atoms with E-state index < -0.39 is 0 Å². The van der Waals surface area contributed by atoms with Crippen molar-refractivity contribution in [1.82, 2.24) is 4.57 Å². The molecule has 0 radical (unpaired) electrons. The second kappa shape index (κ2) is 12.2. The minimum atomic E-state index is 0.890. The maximum absolute atomic E-state index is 6.86. The van der Waals surface area contributed by atoms with Gasteiger partial charge in [0.15, 0.2) is 0 Å². The summed E-state index contributed by atoms with van der Waals surface area (Å²) in [5.74, 6) is 0. The van der Waals surface area contributed by atoms with Gasteiger partial charge in [0.1, 0.15) is 11.2 Å². The van der Waals surface area contributed by atoms with Crippen LogP contribution in [0.1, 0.15) is 0 Å². The third kappa shape index (κ3) is 4.57. The van der Waals surface area contributed by atoms with Crippen molar-refractivity contribution in [2.45, 2.75) is 0 Å². The van der Waals surface area contributed by atoms with Crippen LogP contribution in [0.25, 0.3) is 91.5 Å². The van der Waals surface area contributed by atoms with E-state index in [1.807, 2.05) is 11.3 Å². The molecule has 0 saturated carbocycles. The summed E-state index contributed by atoms with van der Waals surface area (Å²) in [4.78, 5) is 2.49. The lowest BCUT2D eigenvalue weighted by molar-refractivity contribution is 0.670. The summed E-state index contributed by atoms with van der Waals surface area (Å²) < 4.78 is 11.8. The van der Waals surface area contributed by atoms with Crippen molar-refractivity contribution < 1.29 is 4.42 Å². The van der Waals surface area contributed by atoms with Crippen molar-refractivity contribution >= 4 is 103 Å². The summed E-state index contributed by atoms with van der Waals surface area (Å²) >= 11 is 1.86. The molecule has 0 amide bonds. The fourth-order valence-corrected chi connectivity index (χ4v) is 10.1. The van der Waals surface area contributed by atoms with Crippen LogP contribution in [-0.4, -0.2) is 4.57 Å². The maximum atomic E-state index is 6.86. The molecule has 0 aliphatic carbocycles. The molecule has 12 aromatic rings. The summed E-state index contributed by atoms with van der Waals surface area (Å²) in [5.41, 5.74) is 10.7. The van der Waals surface area contributed by atoms with Gasteiger partial charge < -0.3 is 13.9 Å². The minimum absolute atomic E-state index is 0.890. The molecular weight excluding hydrogens is 701 g/mol. The molecule has 56 heavy (non-hydrogen) atoms. The quantitative estimate of drug-likeness (QED) is 0.176. The average molecular weight is 733 g/mol. The predicted octanol–water partition coefficient (Wildman–Crippen LogP) is 15.3. The van der Waals surface area contributed by atoms with Crippen LogP contribution < -0.4 is 4.90 Å². The van der Waals surface area contributed by atoms with E-state index >= 15 is 0 Å². The number of hydrogen-bond acceptors (Lipinski definition) is 3. The first-order valence-corrected chi connectivity index (χ1v) is 19.8. The lowest BCUT2D eigenvalue weighted by Crippen LogP contribution is -2.14. The number of furan rings is 1. The Morgan fingerprint density at radius 3 is 1.80 bits per heavy atom. The molecule has 0 unspecified atom stereocenters. The fourth-order valence-electron chi connectivity index (χ4n) is 8.91. The molecule has 0 atom stereocenters. The third-order valence-corrected chi connectivity index (χ3v) is 12.6. The van der Waals surface area contributed by atoms with Gasteiger partial charge in [-0.1, -0.05) is 140 Å². The van der Waals surface area contributed by atoms with Gasteiger partial charge in [-0.3, -0.25) is 0 Å². The van der Waals surface area contributed by atoms with Crippen LogP contribution in [0.2, 0.25) is 0 Å². The lowest BCUT2D eigenvalue weighted by atomic mass is 9.98. The van der Waals surface area contributed by atoms with Crippen molar-refractivity contribution in [3.8, 4) is 16.8 Å². The van der Waals surface area contributed by atoms with Gasteiger partial charge in [0.2, 0.25) is 0 Å². The number of aromatic nitrogens is 1. The Hall–Kier alpha value is -7.14. The molecule has 0 spiro atoms. The Morgan fingerprint density at radius 1 is 0.411 bits per heavy atom. The molecule has 0 aliphatic heterocycles. The fraction of sp³-hybridized carbons (Fsp3) is 0. The van der Waals surface area contributed by atoms with E-state index in [1.54, 1.807) is 0 Å². The van der Waals surface area contributed by atoms with E-state index in [0.29, 0.717) is 0 Å². The third-order valence-electron chi connectivity index (χ3n) is 11.4. The highest BCUT2D eigenvalue weighted by atomic mass is 32.1. The van der Waals surface area contributed by atoms with Crippen molar-refractivity contribution in [2.75, 3.05) is 4.90 Å². The zero-order valence-corrected chi connectivity index (χ0v) is 31.0. The number of para-hydroxylation sites is 6. The van der Waals surface area contributed by atoms with Crippen LogP contribution in [0.4, 0.5) is 17.1 Å². The standard InChI is InChI=1S/C52H32N2OS/c1-2-16-34-32-49-42(31-33(34)15-1)40-22-13-21-39(51(40)55-49)37-19-5-9-26-45(37)54(48-29-14-23-41-38-20-6-12-30-50(38)56-52(41)48)47-28-11-10-27-46(47)53-43-24-7-3-17-35(43)36-18-4-8-25-44(36)53/h1-32H. The summed E-state index contributed by atoms with van der Waals surface area (Å²) in [7, 11) is 0. The number of benzene rings is 9. The zero-order valence-electron chi connectivity index (χ0n) is 30.2. The Labute approximate surface area is 326 Å². The van der Waals surface area contributed by atoms with Crippen molar-refractivity contribution in [2.24, 2.45) is 0 Å². The zero-order chi connectivity index (χ0) is 36.7. The van der Waals surface area contributed by atoms with Crippen LogP contribution in [0.3, 0.4) is 0 Å². The van der Waals surface area contributed by atoms with Gasteiger partial charge in [-0.05, 0) is 65.4 Å². The van der Waals surface area contributed by atoms with E-state index in [-0.39, 0.29) is 0 Å². The van der Waals surface area contributed by atoms with Crippen LogP contribution in [0.5, 0.6) is 0 Å². The molecule has 0 fully saturated rings. The molecule has 0 aliphatic rings. The number of fused-ring (bicyclic) bond motifs is 10. The number of rotatable bonds is 5. The first-order valence-electron chi connectivity index (χ1n) is 19.0. The van der Waals surface area contributed by atoms with E-state index in [9.17, 15) is 0 Å². The average Bonchev–Trinajstić information content (AvgIpc) is 3.93. The Bertz CT molecular complexity index is 3460. The highest BCUT2D eigenvalue weighted by molar-refractivity contribution is 7.26.